The predicted molar refractivity (Wildman–Crippen MR) is 201 cm³/mol. The Labute approximate surface area is 309 Å². The van der Waals surface area contributed by atoms with Crippen LogP contribution in [0.5, 0.6) is 0 Å². The standard InChI is InChI=1S/C38H51ClN4O7S/c1-23(2)19-30(43(18-17-40-37(48)50-38(5,6)7)32(44)21-25-13-9-11-15-28(25)39)35(46)41-29(34(45)42-33(24(3)4)36(47)49-8)20-26-22-51-31-16-12-10-14-27(26)31/h9-16,22-24,29-30,33H,17-21H2,1-8H3,(H,40,48)(H,41,46)(H,42,45)/t29-,30+,33-/m1/s1. The first-order valence-corrected chi connectivity index (χ1v) is 18.4. The summed E-state index contributed by atoms with van der Waals surface area (Å²) in [7, 11) is 1.25. The number of alkyl carbamates (subject to hydrolysis) is 1. The van der Waals surface area contributed by atoms with Gasteiger partial charge in [-0.2, -0.15) is 0 Å². The second-order valence-corrected chi connectivity index (χ2v) is 15.5. The Balaban J connectivity index is 1.99. The Kier molecular flexibility index (Phi) is 15.3. The van der Waals surface area contributed by atoms with Gasteiger partial charge in [-0.05, 0) is 73.1 Å². The summed E-state index contributed by atoms with van der Waals surface area (Å²) in [6.45, 7) is 12.7. The molecule has 1 heterocycles. The topological polar surface area (TPSA) is 143 Å². The Morgan fingerprint density at radius 1 is 0.902 bits per heavy atom. The molecule has 3 aromatic rings. The summed E-state index contributed by atoms with van der Waals surface area (Å²) in [6, 6.07) is 11.7. The van der Waals surface area contributed by atoms with Crippen molar-refractivity contribution >= 4 is 62.8 Å². The maximum Gasteiger partial charge on any atom is 0.407 e. The molecule has 0 saturated heterocycles. The molecule has 0 unspecified atom stereocenters. The van der Waals surface area contributed by atoms with Crippen LogP contribution in [-0.4, -0.2) is 78.6 Å². The van der Waals surface area contributed by atoms with Gasteiger partial charge >= 0.3 is 12.1 Å². The highest BCUT2D eigenvalue weighted by atomic mass is 35.5. The molecule has 0 bridgehead atoms. The van der Waals surface area contributed by atoms with E-state index in [1.807, 2.05) is 43.5 Å². The van der Waals surface area contributed by atoms with Gasteiger partial charge in [0.05, 0.1) is 13.5 Å². The smallest absolute Gasteiger partial charge is 0.407 e. The lowest BCUT2D eigenvalue weighted by atomic mass is 9.98. The van der Waals surface area contributed by atoms with Gasteiger partial charge in [-0.25, -0.2) is 9.59 Å². The van der Waals surface area contributed by atoms with Crippen molar-refractivity contribution in [1.82, 2.24) is 20.9 Å². The third kappa shape index (κ3) is 12.5. The van der Waals surface area contributed by atoms with Crippen LogP contribution < -0.4 is 16.0 Å². The first-order valence-electron chi connectivity index (χ1n) is 17.1. The molecule has 3 N–H and O–H groups in total. The van der Waals surface area contributed by atoms with Gasteiger partial charge in [0, 0.05) is 29.2 Å². The average Bonchev–Trinajstić information content (AvgIpc) is 3.46. The van der Waals surface area contributed by atoms with E-state index < -0.39 is 47.6 Å². The van der Waals surface area contributed by atoms with E-state index in [9.17, 15) is 24.0 Å². The fourth-order valence-corrected chi connectivity index (χ4v) is 6.72. The van der Waals surface area contributed by atoms with E-state index in [1.165, 1.54) is 23.3 Å². The van der Waals surface area contributed by atoms with Crippen LogP contribution in [0.2, 0.25) is 5.02 Å². The van der Waals surface area contributed by atoms with Crippen LogP contribution in [0.25, 0.3) is 10.1 Å². The lowest BCUT2D eigenvalue weighted by molar-refractivity contribution is -0.147. The SMILES string of the molecule is COC(=O)[C@H](NC(=O)[C@@H](Cc1csc2ccccc12)NC(=O)[C@H](CC(C)C)N(CCNC(=O)OC(C)(C)C)C(=O)Cc1ccccc1Cl)C(C)C. The first-order chi connectivity index (χ1) is 24.0. The van der Waals surface area contributed by atoms with Gasteiger partial charge in [0.25, 0.3) is 0 Å². The number of carbonyl (C=O) groups is 5. The number of hydrogen-bond donors (Lipinski definition) is 3. The van der Waals surface area contributed by atoms with Crippen LogP contribution in [0, 0.1) is 11.8 Å². The molecule has 0 aliphatic rings. The summed E-state index contributed by atoms with van der Waals surface area (Å²) in [5, 5.41) is 11.7. The van der Waals surface area contributed by atoms with Crippen molar-refractivity contribution in [2.75, 3.05) is 20.2 Å². The minimum absolute atomic E-state index is 0.00502. The van der Waals surface area contributed by atoms with Crippen molar-refractivity contribution in [3.05, 3.63) is 70.1 Å². The van der Waals surface area contributed by atoms with E-state index in [-0.39, 0.29) is 50.1 Å². The van der Waals surface area contributed by atoms with Crippen molar-refractivity contribution < 1.29 is 33.4 Å². The summed E-state index contributed by atoms with van der Waals surface area (Å²) in [5.41, 5.74) is 0.709. The van der Waals surface area contributed by atoms with E-state index in [1.54, 1.807) is 58.9 Å². The largest absolute Gasteiger partial charge is 0.467 e. The maximum atomic E-state index is 14.4. The minimum Gasteiger partial charge on any atom is -0.467 e. The van der Waals surface area contributed by atoms with Gasteiger partial charge in [0.15, 0.2) is 0 Å². The molecule has 0 radical (unpaired) electrons. The van der Waals surface area contributed by atoms with Gasteiger partial charge in [0.1, 0.15) is 23.7 Å². The van der Waals surface area contributed by atoms with Gasteiger partial charge in [-0.15, -0.1) is 11.3 Å². The molecule has 1 aromatic heterocycles. The minimum atomic E-state index is -1.10. The number of esters is 1. The molecule has 3 rings (SSSR count). The van der Waals surface area contributed by atoms with Crippen LogP contribution in [-0.2, 0) is 41.5 Å². The Bertz CT molecular complexity index is 1670. The fourth-order valence-electron chi connectivity index (χ4n) is 5.54. The molecule has 2 aromatic carbocycles. The Morgan fingerprint density at radius 2 is 1.57 bits per heavy atom. The predicted octanol–water partition coefficient (Wildman–Crippen LogP) is 5.91. The van der Waals surface area contributed by atoms with Crippen molar-refractivity contribution in [1.29, 1.82) is 0 Å². The lowest BCUT2D eigenvalue weighted by Crippen LogP contribution is -2.58. The van der Waals surface area contributed by atoms with E-state index in [2.05, 4.69) is 16.0 Å². The summed E-state index contributed by atoms with van der Waals surface area (Å²) in [4.78, 5) is 69.0. The molecule has 51 heavy (non-hydrogen) atoms. The van der Waals surface area contributed by atoms with Crippen molar-refractivity contribution in [3.63, 3.8) is 0 Å². The lowest BCUT2D eigenvalue weighted by Gasteiger charge is -2.34. The van der Waals surface area contributed by atoms with Crippen LogP contribution in [0.3, 0.4) is 0 Å². The number of nitrogens with zero attached hydrogens (tertiary/aromatic N) is 1. The third-order valence-electron chi connectivity index (χ3n) is 8.05. The Hall–Kier alpha value is -4.16. The number of fused-ring (bicyclic) bond motifs is 1. The number of nitrogens with one attached hydrogen (secondary N) is 3. The normalized spacial score (nSPS) is 13.3. The number of halogens is 1. The van der Waals surface area contributed by atoms with E-state index in [4.69, 9.17) is 21.1 Å². The highest BCUT2D eigenvalue weighted by Gasteiger charge is 2.35. The van der Waals surface area contributed by atoms with E-state index in [0.29, 0.717) is 10.6 Å². The Morgan fingerprint density at radius 3 is 2.20 bits per heavy atom. The van der Waals surface area contributed by atoms with Crippen molar-refractivity contribution in [3.8, 4) is 0 Å². The molecule has 0 aliphatic heterocycles. The molecular weight excluding hydrogens is 692 g/mol. The van der Waals surface area contributed by atoms with Crippen LogP contribution >= 0.6 is 22.9 Å². The molecule has 0 spiro atoms. The second kappa shape index (κ2) is 18.9. The molecule has 0 fully saturated rings. The zero-order valence-electron chi connectivity index (χ0n) is 30.7. The van der Waals surface area contributed by atoms with E-state index >= 15 is 0 Å². The summed E-state index contributed by atoms with van der Waals surface area (Å²) < 4.78 is 11.3. The third-order valence-corrected chi connectivity index (χ3v) is 9.43. The number of rotatable bonds is 16. The second-order valence-electron chi connectivity index (χ2n) is 14.2. The zero-order valence-corrected chi connectivity index (χ0v) is 32.3. The number of amides is 4. The molecule has 3 atom stereocenters. The van der Waals surface area contributed by atoms with Gasteiger partial charge < -0.3 is 30.3 Å². The fraction of sp³-hybridized carbons (Fsp3) is 0.500. The number of benzene rings is 2. The number of hydrogen-bond acceptors (Lipinski definition) is 8. The zero-order chi connectivity index (χ0) is 37.9. The number of carbonyl (C=O) groups excluding carboxylic acids is 5. The van der Waals surface area contributed by atoms with Gasteiger partial charge in [-0.3, -0.25) is 14.4 Å². The average molecular weight is 743 g/mol. The molecule has 4 amide bonds. The van der Waals surface area contributed by atoms with Crippen molar-refractivity contribution in [2.45, 2.75) is 91.5 Å². The van der Waals surface area contributed by atoms with E-state index in [0.717, 1.165) is 15.6 Å². The quantitative estimate of drug-likeness (QED) is 0.155. The molecule has 0 aliphatic carbocycles. The summed E-state index contributed by atoms with van der Waals surface area (Å²) in [6.07, 6.45) is -0.348. The maximum absolute atomic E-state index is 14.4. The highest BCUT2D eigenvalue weighted by molar-refractivity contribution is 7.17. The highest BCUT2D eigenvalue weighted by Crippen LogP contribution is 2.27. The van der Waals surface area contributed by atoms with Gasteiger partial charge in [0.2, 0.25) is 17.7 Å². The first kappa shape index (κ1) is 41.3. The summed E-state index contributed by atoms with van der Waals surface area (Å²) >= 11 is 7.94. The van der Waals surface area contributed by atoms with Crippen molar-refractivity contribution in [2.24, 2.45) is 11.8 Å². The monoisotopic (exact) mass is 742 g/mol. The van der Waals surface area contributed by atoms with Crippen LogP contribution in [0.1, 0.15) is 66.0 Å². The molecule has 278 valence electrons. The molecular formula is C38H51ClN4O7S. The van der Waals surface area contributed by atoms with Crippen LogP contribution in [0.15, 0.2) is 53.9 Å². The number of methoxy groups -OCH3 is 1. The number of thiophene rings is 1. The summed E-state index contributed by atoms with van der Waals surface area (Å²) in [5.74, 6) is -2.42. The molecule has 0 saturated carbocycles. The molecule has 13 heteroatoms. The number of ether oxygens (including phenoxy) is 2. The van der Waals surface area contributed by atoms with Crippen LogP contribution in [0.4, 0.5) is 4.79 Å². The molecule has 11 nitrogen and oxygen atoms in total. The van der Waals surface area contributed by atoms with Gasteiger partial charge in [-0.1, -0.05) is 75.7 Å².